The Kier molecular flexibility index (Phi) is 6.20. The number of esters is 1. The number of ether oxygens (including phenoxy) is 1. The van der Waals surface area contributed by atoms with Crippen molar-refractivity contribution in [1.29, 1.82) is 0 Å². The van der Waals surface area contributed by atoms with Gasteiger partial charge in [-0.05, 0) is 50.6 Å². The lowest BCUT2D eigenvalue weighted by Gasteiger charge is -2.32. The molecule has 1 atom stereocenters. The van der Waals surface area contributed by atoms with Gasteiger partial charge in [-0.3, -0.25) is 4.90 Å². The Morgan fingerprint density at radius 3 is 2.90 bits per heavy atom. The molecule has 0 amide bonds. The minimum atomic E-state index is -0.375. The van der Waals surface area contributed by atoms with Crippen LogP contribution in [-0.4, -0.2) is 45.2 Å². The number of piperidine rings is 1. The van der Waals surface area contributed by atoms with Crippen molar-refractivity contribution in [2.24, 2.45) is 5.92 Å². The molecule has 1 saturated heterocycles. The Morgan fingerprint density at radius 2 is 2.07 bits per heavy atom. The molecule has 4 rings (SSSR count). The Balaban J connectivity index is 1.37. The monoisotopic (exact) mass is 392 g/mol. The zero-order valence-corrected chi connectivity index (χ0v) is 17.0. The van der Waals surface area contributed by atoms with Crippen LogP contribution in [0.15, 0.2) is 48.9 Å². The molecular formula is C23H28N4O2. The molecule has 0 spiro atoms. The summed E-state index contributed by atoms with van der Waals surface area (Å²) in [6, 6.07) is 10.8. The van der Waals surface area contributed by atoms with Gasteiger partial charge in [0.25, 0.3) is 0 Å². The first kappa shape index (κ1) is 19.6. The number of hydrogen-bond donors (Lipinski definition) is 0. The third-order valence-corrected chi connectivity index (χ3v) is 5.60. The second kappa shape index (κ2) is 9.18. The molecule has 0 unspecified atom stereocenters. The van der Waals surface area contributed by atoms with Crippen LogP contribution in [0.25, 0.3) is 5.65 Å². The van der Waals surface area contributed by atoms with E-state index in [1.807, 2.05) is 12.4 Å². The van der Waals surface area contributed by atoms with Crippen molar-refractivity contribution >= 4 is 11.6 Å². The van der Waals surface area contributed by atoms with E-state index in [2.05, 4.69) is 45.3 Å². The van der Waals surface area contributed by atoms with Gasteiger partial charge in [-0.2, -0.15) is 5.10 Å². The van der Waals surface area contributed by atoms with Crippen molar-refractivity contribution in [3.05, 3.63) is 65.6 Å². The SMILES string of the molecule is CCOC(=O)c1cnn2cc(CN3CCC[C@H](CCc4ccccc4)C3)cnc12. The first-order valence-electron chi connectivity index (χ1n) is 10.5. The van der Waals surface area contributed by atoms with Crippen LogP contribution in [0.4, 0.5) is 0 Å². The third kappa shape index (κ3) is 4.82. The maximum atomic E-state index is 12.0. The Morgan fingerprint density at radius 1 is 1.21 bits per heavy atom. The third-order valence-electron chi connectivity index (χ3n) is 5.60. The molecule has 29 heavy (non-hydrogen) atoms. The van der Waals surface area contributed by atoms with Crippen molar-refractivity contribution in [2.75, 3.05) is 19.7 Å². The number of benzene rings is 1. The van der Waals surface area contributed by atoms with E-state index in [0.29, 0.717) is 17.8 Å². The molecule has 0 saturated carbocycles. The molecule has 152 valence electrons. The maximum absolute atomic E-state index is 12.0. The number of likely N-dealkylation sites (tertiary alicyclic amines) is 1. The van der Waals surface area contributed by atoms with E-state index in [-0.39, 0.29) is 5.97 Å². The molecule has 1 fully saturated rings. The van der Waals surface area contributed by atoms with Crippen molar-refractivity contribution in [2.45, 2.75) is 39.2 Å². The molecular weight excluding hydrogens is 364 g/mol. The summed E-state index contributed by atoms with van der Waals surface area (Å²) in [4.78, 5) is 19.0. The summed E-state index contributed by atoms with van der Waals surface area (Å²) in [5.41, 5.74) is 3.50. The highest BCUT2D eigenvalue weighted by molar-refractivity contribution is 5.95. The average molecular weight is 393 g/mol. The Bertz CT molecular complexity index is 954. The van der Waals surface area contributed by atoms with E-state index >= 15 is 0 Å². The first-order valence-corrected chi connectivity index (χ1v) is 10.5. The van der Waals surface area contributed by atoms with E-state index in [1.165, 1.54) is 31.0 Å². The predicted molar refractivity (Wildman–Crippen MR) is 112 cm³/mol. The second-order valence-corrected chi connectivity index (χ2v) is 7.78. The lowest BCUT2D eigenvalue weighted by atomic mass is 9.91. The number of fused-ring (bicyclic) bond motifs is 1. The molecule has 2 aromatic heterocycles. The fraction of sp³-hybridized carbons (Fsp3) is 0.435. The Hall–Kier alpha value is -2.73. The lowest BCUT2D eigenvalue weighted by Crippen LogP contribution is -2.35. The smallest absolute Gasteiger partial charge is 0.343 e. The number of aryl methyl sites for hydroxylation is 1. The quantitative estimate of drug-likeness (QED) is 0.573. The molecule has 3 heterocycles. The molecule has 1 aromatic carbocycles. The van der Waals surface area contributed by atoms with Crippen molar-refractivity contribution in [3.8, 4) is 0 Å². The van der Waals surface area contributed by atoms with Gasteiger partial charge in [0.15, 0.2) is 5.65 Å². The molecule has 0 bridgehead atoms. The van der Waals surface area contributed by atoms with Gasteiger partial charge in [-0.25, -0.2) is 14.3 Å². The van der Waals surface area contributed by atoms with Gasteiger partial charge in [0.05, 0.1) is 12.8 Å². The minimum absolute atomic E-state index is 0.342. The van der Waals surface area contributed by atoms with Gasteiger partial charge < -0.3 is 4.74 Å². The average Bonchev–Trinajstić information content (AvgIpc) is 3.17. The highest BCUT2D eigenvalue weighted by Crippen LogP contribution is 2.23. The topological polar surface area (TPSA) is 59.7 Å². The highest BCUT2D eigenvalue weighted by atomic mass is 16.5. The van der Waals surface area contributed by atoms with Gasteiger partial charge in [0.2, 0.25) is 0 Å². The molecule has 0 radical (unpaired) electrons. The summed E-state index contributed by atoms with van der Waals surface area (Å²) in [6.45, 7) is 5.24. The maximum Gasteiger partial charge on any atom is 0.343 e. The summed E-state index contributed by atoms with van der Waals surface area (Å²) in [5, 5.41) is 4.29. The molecule has 6 nitrogen and oxygen atoms in total. The van der Waals surface area contributed by atoms with Crippen LogP contribution in [0.2, 0.25) is 0 Å². The van der Waals surface area contributed by atoms with Crippen LogP contribution in [-0.2, 0) is 17.7 Å². The standard InChI is InChI=1S/C23H28N4O2/c1-2-29-23(28)21-14-25-27-17-20(13-24-22(21)27)16-26-12-6-9-19(15-26)11-10-18-7-4-3-5-8-18/h3-5,7-8,13-14,17,19H,2,6,9-12,15-16H2,1H3/t19-/m1/s1. The fourth-order valence-corrected chi connectivity index (χ4v) is 4.15. The second-order valence-electron chi connectivity index (χ2n) is 7.78. The molecule has 0 aliphatic carbocycles. The summed E-state index contributed by atoms with van der Waals surface area (Å²) >= 11 is 0. The minimum Gasteiger partial charge on any atom is -0.462 e. The van der Waals surface area contributed by atoms with Crippen molar-refractivity contribution < 1.29 is 9.53 Å². The van der Waals surface area contributed by atoms with E-state index < -0.39 is 0 Å². The number of nitrogens with zero attached hydrogens (tertiary/aromatic N) is 4. The number of carbonyl (C=O) groups excluding carboxylic acids is 1. The number of aromatic nitrogens is 3. The van der Waals surface area contributed by atoms with Crippen LogP contribution in [0.3, 0.4) is 0 Å². The van der Waals surface area contributed by atoms with Crippen LogP contribution in [0, 0.1) is 5.92 Å². The zero-order valence-electron chi connectivity index (χ0n) is 17.0. The zero-order chi connectivity index (χ0) is 20.1. The van der Waals surface area contributed by atoms with Crippen LogP contribution in [0.5, 0.6) is 0 Å². The van der Waals surface area contributed by atoms with E-state index in [1.54, 1.807) is 11.4 Å². The van der Waals surface area contributed by atoms with Gasteiger partial charge >= 0.3 is 5.97 Å². The number of hydrogen-bond acceptors (Lipinski definition) is 5. The van der Waals surface area contributed by atoms with Gasteiger partial charge in [0.1, 0.15) is 5.56 Å². The summed E-state index contributed by atoms with van der Waals surface area (Å²) in [5.74, 6) is 0.362. The molecule has 6 heteroatoms. The fourth-order valence-electron chi connectivity index (χ4n) is 4.15. The van der Waals surface area contributed by atoms with E-state index in [4.69, 9.17) is 4.74 Å². The van der Waals surface area contributed by atoms with Crippen LogP contribution < -0.4 is 0 Å². The van der Waals surface area contributed by atoms with Gasteiger partial charge in [-0.15, -0.1) is 0 Å². The summed E-state index contributed by atoms with van der Waals surface area (Å²) in [6.07, 6.45) is 10.3. The molecule has 3 aromatic rings. The largest absolute Gasteiger partial charge is 0.462 e. The number of rotatable bonds is 7. The van der Waals surface area contributed by atoms with Gasteiger partial charge in [-0.1, -0.05) is 30.3 Å². The normalized spacial score (nSPS) is 17.5. The van der Waals surface area contributed by atoms with Crippen molar-refractivity contribution in [3.63, 3.8) is 0 Å². The van der Waals surface area contributed by atoms with Crippen molar-refractivity contribution in [1.82, 2.24) is 19.5 Å². The Labute approximate surface area is 171 Å². The lowest BCUT2D eigenvalue weighted by molar-refractivity contribution is 0.0528. The van der Waals surface area contributed by atoms with Crippen LogP contribution in [0.1, 0.15) is 47.7 Å². The molecule has 1 aliphatic heterocycles. The van der Waals surface area contributed by atoms with Crippen LogP contribution >= 0.6 is 0 Å². The molecule has 0 N–H and O–H groups in total. The first-order chi connectivity index (χ1) is 14.2. The van der Waals surface area contributed by atoms with E-state index in [9.17, 15) is 4.79 Å². The summed E-state index contributed by atoms with van der Waals surface area (Å²) in [7, 11) is 0. The highest BCUT2D eigenvalue weighted by Gasteiger charge is 2.21. The summed E-state index contributed by atoms with van der Waals surface area (Å²) < 4.78 is 6.75. The molecule has 1 aliphatic rings. The van der Waals surface area contributed by atoms with E-state index in [0.717, 1.165) is 37.5 Å². The number of carbonyl (C=O) groups is 1. The predicted octanol–water partition coefficient (Wildman–Crippen LogP) is 3.75. The van der Waals surface area contributed by atoms with Gasteiger partial charge in [0, 0.05) is 31.0 Å².